The Morgan fingerprint density at radius 3 is 2.60 bits per heavy atom. The van der Waals surface area contributed by atoms with Gasteiger partial charge in [0.1, 0.15) is 0 Å². The van der Waals surface area contributed by atoms with Crippen molar-refractivity contribution in [1.82, 2.24) is 0 Å². The molecule has 2 heteroatoms. The molecule has 0 spiro atoms. The van der Waals surface area contributed by atoms with E-state index in [0.717, 1.165) is 18.8 Å². The molecule has 0 heterocycles. The second-order valence-corrected chi connectivity index (χ2v) is 2.97. The van der Waals surface area contributed by atoms with E-state index >= 15 is 0 Å². The van der Waals surface area contributed by atoms with Crippen molar-refractivity contribution in [3.8, 4) is 0 Å². The highest BCUT2D eigenvalue weighted by Gasteiger charge is 2.33. The Labute approximate surface area is 61.6 Å². The Morgan fingerprint density at radius 1 is 1.60 bits per heavy atom. The maximum Gasteiger partial charge on any atom is 0.308 e. The molecule has 0 aromatic carbocycles. The SMILES string of the molecule is CCC1CC(C(=O)OC)C1. The van der Waals surface area contributed by atoms with Gasteiger partial charge in [0.25, 0.3) is 0 Å². The molecule has 1 aliphatic carbocycles. The largest absolute Gasteiger partial charge is 0.469 e. The van der Waals surface area contributed by atoms with Gasteiger partial charge in [0, 0.05) is 0 Å². The number of esters is 1. The van der Waals surface area contributed by atoms with E-state index in [4.69, 9.17) is 0 Å². The molecular formula is C8H14O2. The minimum atomic E-state index is -0.0234. The van der Waals surface area contributed by atoms with Gasteiger partial charge in [-0.25, -0.2) is 0 Å². The minimum Gasteiger partial charge on any atom is -0.469 e. The van der Waals surface area contributed by atoms with Crippen molar-refractivity contribution in [2.75, 3.05) is 7.11 Å². The molecule has 0 unspecified atom stereocenters. The van der Waals surface area contributed by atoms with E-state index in [2.05, 4.69) is 11.7 Å². The molecular weight excluding hydrogens is 128 g/mol. The number of rotatable bonds is 2. The van der Waals surface area contributed by atoms with Crippen LogP contribution in [0.5, 0.6) is 0 Å². The summed E-state index contributed by atoms with van der Waals surface area (Å²) >= 11 is 0. The summed E-state index contributed by atoms with van der Waals surface area (Å²) in [5, 5.41) is 0. The third kappa shape index (κ3) is 1.31. The predicted molar refractivity (Wildman–Crippen MR) is 38.5 cm³/mol. The highest BCUT2D eigenvalue weighted by molar-refractivity contribution is 5.73. The zero-order valence-electron chi connectivity index (χ0n) is 6.59. The van der Waals surface area contributed by atoms with Crippen LogP contribution in [0.15, 0.2) is 0 Å². The summed E-state index contributed by atoms with van der Waals surface area (Å²) in [6.45, 7) is 2.16. The van der Waals surface area contributed by atoms with Gasteiger partial charge in [-0.1, -0.05) is 13.3 Å². The highest BCUT2D eigenvalue weighted by atomic mass is 16.5. The Bertz CT molecular complexity index is 125. The number of ether oxygens (including phenoxy) is 1. The lowest BCUT2D eigenvalue weighted by Gasteiger charge is -2.32. The molecule has 0 amide bonds. The second kappa shape index (κ2) is 3.04. The summed E-state index contributed by atoms with van der Waals surface area (Å²) in [6.07, 6.45) is 3.29. The number of hydrogen-bond acceptors (Lipinski definition) is 2. The van der Waals surface area contributed by atoms with Gasteiger partial charge in [0.15, 0.2) is 0 Å². The number of methoxy groups -OCH3 is 1. The van der Waals surface area contributed by atoms with E-state index in [-0.39, 0.29) is 11.9 Å². The first kappa shape index (κ1) is 7.58. The van der Waals surface area contributed by atoms with Crippen LogP contribution in [0.3, 0.4) is 0 Å². The van der Waals surface area contributed by atoms with E-state index in [1.54, 1.807) is 0 Å². The first-order valence-electron chi connectivity index (χ1n) is 3.85. The summed E-state index contributed by atoms with van der Waals surface area (Å²) in [5.74, 6) is 0.976. The molecule has 0 radical (unpaired) electrons. The topological polar surface area (TPSA) is 26.3 Å². The maximum absolute atomic E-state index is 10.8. The van der Waals surface area contributed by atoms with Gasteiger partial charge in [0.2, 0.25) is 0 Å². The summed E-state index contributed by atoms with van der Waals surface area (Å²) < 4.78 is 4.61. The molecule has 0 aromatic heterocycles. The summed E-state index contributed by atoms with van der Waals surface area (Å²) in [7, 11) is 1.46. The minimum absolute atomic E-state index is 0.0234. The third-order valence-electron chi connectivity index (χ3n) is 2.35. The molecule has 0 atom stereocenters. The zero-order valence-corrected chi connectivity index (χ0v) is 6.59. The lowest BCUT2D eigenvalue weighted by molar-refractivity contribution is -0.150. The van der Waals surface area contributed by atoms with E-state index in [1.807, 2.05) is 0 Å². The van der Waals surface area contributed by atoms with Crippen LogP contribution in [-0.4, -0.2) is 13.1 Å². The number of carbonyl (C=O) groups excluding carboxylic acids is 1. The van der Waals surface area contributed by atoms with Gasteiger partial charge < -0.3 is 4.74 Å². The molecule has 0 bridgehead atoms. The molecule has 0 aromatic rings. The molecule has 1 rings (SSSR count). The van der Waals surface area contributed by atoms with Crippen molar-refractivity contribution in [2.24, 2.45) is 11.8 Å². The zero-order chi connectivity index (χ0) is 7.56. The van der Waals surface area contributed by atoms with Crippen LogP contribution in [0.4, 0.5) is 0 Å². The van der Waals surface area contributed by atoms with Crippen LogP contribution >= 0.6 is 0 Å². The summed E-state index contributed by atoms with van der Waals surface area (Å²) in [5.41, 5.74) is 0. The van der Waals surface area contributed by atoms with Gasteiger partial charge in [-0.05, 0) is 18.8 Å². The van der Waals surface area contributed by atoms with Crippen LogP contribution in [0.2, 0.25) is 0 Å². The third-order valence-corrected chi connectivity index (χ3v) is 2.35. The van der Waals surface area contributed by atoms with Gasteiger partial charge >= 0.3 is 5.97 Å². The van der Waals surface area contributed by atoms with Crippen molar-refractivity contribution >= 4 is 5.97 Å². The Morgan fingerprint density at radius 2 is 2.20 bits per heavy atom. The molecule has 10 heavy (non-hydrogen) atoms. The highest BCUT2D eigenvalue weighted by Crippen LogP contribution is 2.36. The fourth-order valence-corrected chi connectivity index (χ4v) is 1.43. The lowest BCUT2D eigenvalue weighted by atomic mass is 9.74. The van der Waals surface area contributed by atoms with E-state index < -0.39 is 0 Å². The van der Waals surface area contributed by atoms with Crippen molar-refractivity contribution in [3.63, 3.8) is 0 Å². The average Bonchev–Trinajstić information content (AvgIpc) is 1.85. The van der Waals surface area contributed by atoms with Crippen molar-refractivity contribution in [1.29, 1.82) is 0 Å². The lowest BCUT2D eigenvalue weighted by Crippen LogP contribution is -2.30. The average molecular weight is 142 g/mol. The van der Waals surface area contributed by atoms with Gasteiger partial charge in [0.05, 0.1) is 13.0 Å². The Hall–Kier alpha value is -0.530. The second-order valence-electron chi connectivity index (χ2n) is 2.97. The Kier molecular flexibility index (Phi) is 2.30. The molecule has 1 saturated carbocycles. The van der Waals surface area contributed by atoms with E-state index in [9.17, 15) is 4.79 Å². The van der Waals surface area contributed by atoms with Gasteiger partial charge in [-0.2, -0.15) is 0 Å². The van der Waals surface area contributed by atoms with Gasteiger partial charge in [-0.15, -0.1) is 0 Å². The Balaban J connectivity index is 2.19. The standard InChI is InChI=1S/C8H14O2/c1-3-6-4-7(5-6)8(9)10-2/h6-7H,3-5H2,1-2H3. The smallest absolute Gasteiger partial charge is 0.308 e. The van der Waals surface area contributed by atoms with Crippen LogP contribution in [0, 0.1) is 11.8 Å². The van der Waals surface area contributed by atoms with Gasteiger partial charge in [-0.3, -0.25) is 4.79 Å². The number of hydrogen-bond donors (Lipinski definition) is 0. The summed E-state index contributed by atoms with van der Waals surface area (Å²) in [4.78, 5) is 10.8. The molecule has 1 aliphatic rings. The van der Waals surface area contributed by atoms with Crippen LogP contribution in [-0.2, 0) is 9.53 Å². The molecule has 2 nitrogen and oxygen atoms in total. The summed E-state index contributed by atoms with van der Waals surface area (Å²) in [6, 6.07) is 0. The number of carbonyl (C=O) groups is 1. The first-order valence-corrected chi connectivity index (χ1v) is 3.85. The monoisotopic (exact) mass is 142 g/mol. The van der Waals surface area contributed by atoms with Crippen LogP contribution in [0.25, 0.3) is 0 Å². The van der Waals surface area contributed by atoms with Crippen molar-refractivity contribution < 1.29 is 9.53 Å². The van der Waals surface area contributed by atoms with Crippen molar-refractivity contribution in [3.05, 3.63) is 0 Å². The van der Waals surface area contributed by atoms with Crippen molar-refractivity contribution in [2.45, 2.75) is 26.2 Å². The normalized spacial score (nSPS) is 31.0. The molecule has 58 valence electrons. The quantitative estimate of drug-likeness (QED) is 0.547. The molecule has 0 N–H and O–H groups in total. The van der Waals surface area contributed by atoms with Crippen LogP contribution in [0.1, 0.15) is 26.2 Å². The first-order chi connectivity index (χ1) is 4.77. The fourth-order valence-electron chi connectivity index (χ4n) is 1.43. The predicted octanol–water partition coefficient (Wildman–Crippen LogP) is 1.60. The fraction of sp³-hybridized carbons (Fsp3) is 0.875. The molecule has 1 fully saturated rings. The van der Waals surface area contributed by atoms with Crippen LogP contribution < -0.4 is 0 Å². The maximum atomic E-state index is 10.8. The van der Waals surface area contributed by atoms with E-state index in [0.29, 0.717) is 0 Å². The molecule has 0 saturated heterocycles. The molecule has 0 aliphatic heterocycles. The van der Waals surface area contributed by atoms with E-state index in [1.165, 1.54) is 13.5 Å².